The molecule has 0 aromatic rings. The zero-order chi connectivity index (χ0) is 12.6. The molecular weight excluding hydrogens is 212 g/mol. The van der Waals surface area contributed by atoms with Crippen molar-refractivity contribution in [2.45, 2.75) is 46.5 Å². The van der Waals surface area contributed by atoms with Crippen molar-refractivity contribution in [2.24, 2.45) is 29.6 Å². The molecule has 0 unspecified atom stereocenters. The van der Waals surface area contributed by atoms with Crippen LogP contribution in [0.4, 0.5) is 0 Å². The Morgan fingerprint density at radius 2 is 2.12 bits per heavy atom. The largest absolute Gasteiger partial charge is 0.481 e. The summed E-state index contributed by atoms with van der Waals surface area (Å²) >= 11 is 0. The maximum Gasteiger partial charge on any atom is 0.306 e. The monoisotopic (exact) mass is 236 g/mol. The Morgan fingerprint density at radius 1 is 1.41 bits per heavy atom. The molecule has 1 N–H and O–H groups in total. The summed E-state index contributed by atoms with van der Waals surface area (Å²) in [6.07, 6.45) is 6.96. The van der Waals surface area contributed by atoms with Gasteiger partial charge in [0.25, 0.3) is 0 Å². The highest BCUT2D eigenvalue weighted by molar-refractivity contribution is 5.70. The van der Waals surface area contributed by atoms with E-state index in [1.807, 2.05) is 6.92 Å². The van der Waals surface area contributed by atoms with Crippen LogP contribution in [0.1, 0.15) is 46.5 Å². The molecule has 0 amide bonds. The van der Waals surface area contributed by atoms with Gasteiger partial charge >= 0.3 is 5.97 Å². The Morgan fingerprint density at radius 3 is 2.76 bits per heavy atom. The van der Waals surface area contributed by atoms with Crippen LogP contribution >= 0.6 is 0 Å². The molecule has 0 heterocycles. The first-order valence-corrected chi connectivity index (χ1v) is 6.89. The minimum absolute atomic E-state index is 0.180. The molecule has 17 heavy (non-hydrogen) atoms. The lowest BCUT2D eigenvalue weighted by Gasteiger charge is -2.45. The Labute approximate surface area is 104 Å². The average Bonchev–Trinajstić information content (AvgIpc) is 2.28. The van der Waals surface area contributed by atoms with Crippen LogP contribution in [-0.4, -0.2) is 11.1 Å². The third kappa shape index (κ3) is 2.41. The number of carbonyl (C=O) groups is 1. The number of rotatable bonds is 2. The summed E-state index contributed by atoms with van der Waals surface area (Å²) in [6, 6.07) is 0. The summed E-state index contributed by atoms with van der Waals surface area (Å²) in [5.41, 5.74) is 1.46. The lowest BCUT2D eigenvalue weighted by Crippen LogP contribution is -2.40. The van der Waals surface area contributed by atoms with E-state index in [-0.39, 0.29) is 5.92 Å². The van der Waals surface area contributed by atoms with Crippen molar-refractivity contribution in [1.29, 1.82) is 0 Å². The maximum atomic E-state index is 11.2. The number of fused-ring (bicyclic) bond motifs is 1. The summed E-state index contributed by atoms with van der Waals surface area (Å²) in [5, 5.41) is 9.24. The predicted molar refractivity (Wildman–Crippen MR) is 68.7 cm³/mol. The van der Waals surface area contributed by atoms with Crippen LogP contribution in [-0.2, 0) is 4.79 Å². The molecule has 2 aliphatic rings. The number of aliphatic carboxylic acids is 1. The summed E-state index contributed by atoms with van der Waals surface area (Å²) in [4.78, 5) is 11.2. The fourth-order valence-electron chi connectivity index (χ4n) is 3.93. The van der Waals surface area contributed by atoms with Crippen molar-refractivity contribution < 1.29 is 9.90 Å². The molecule has 0 radical (unpaired) electrons. The molecule has 2 nitrogen and oxygen atoms in total. The van der Waals surface area contributed by atoms with Gasteiger partial charge < -0.3 is 5.11 Å². The molecule has 2 heteroatoms. The van der Waals surface area contributed by atoms with Gasteiger partial charge in [0.1, 0.15) is 0 Å². The summed E-state index contributed by atoms with van der Waals surface area (Å²) < 4.78 is 0. The second-order valence-electron chi connectivity index (χ2n) is 6.16. The van der Waals surface area contributed by atoms with Crippen molar-refractivity contribution in [3.63, 3.8) is 0 Å². The van der Waals surface area contributed by atoms with Gasteiger partial charge in [0.2, 0.25) is 0 Å². The molecule has 2 rings (SSSR count). The van der Waals surface area contributed by atoms with Crippen molar-refractivity contribution in [2.75, 3.05) is 0 Å². The molecule has 5 atom stereocenters. The predicted octanol–water partition coefficient (Wildman–Crippen LogP) is 3.73. The fraction of sp³-hybridized carbons (Fsp3) is 0.800. The molecular formula is C15H24O2. The van der Waals surface area contributed by atoms with E-state index < -0.39 is 5.97 Å². The van der Waals surface area contributed by atoms with Gasteiger partial charge in [0, 0.05) is 0 Å². The Bertz CT molecular complexity index is 332. The molecule has 0 aromatic heterocycles. The number of hydrogen-bond donors (Lipinski definition) is 1. The number of allylic oxidation sites excluding steroid dienone is 2. The second kappa shape index (κ2) is 4.83. The van der Waals surface area contributed by atoms with E-state index in [0.717, 1.165) is 24.7 Å². The average molecular weight is 236 g/mol. The van der Waals surface area contributed by atoms with Crippen molar-refractivity contribution in [1.82, 2.24) is 0 Å². The molecule has 96 valence electrons. The van der Waals surface area contributed by atoms with Gasteiger partial charge in [0.05, 0.1) is 5.92 Å². The quantitative estimate of drug-likeness (QED) is 0.742. The lowest BCUT2D eigenvalue weighted by atomic mass is 9.59. The Balaban J connectivity index is 2.19. The molecule has 1 saturated carbocycles. The number of carboxylic acid groups (broad SMARTS) is 1. The highest BCUT2D eigenvalue weighted by Gasteiger charge is 2.42. The SMILES string of the molecule is CC1=CC[C@@H]2[C@H](C1)[C@H]([C@@H](C)C(=O)O)CC[C@H]2C. The third-order valence-electron chi connectivity index (χ3n) is 5.11. The van der Waals surface area contributed by atoms with Crippen LogP contribution in [0, 0.1) is 29.6 Å². The highest BCUT2D eigenvalue weighted by Crippen LogP contribution is 2.48. The smallest absolute Gasteiger partial charge is 0.306 e. The summed E-state index contributed by atoms with van der Waals surface area (Å²) in [7, 11) is 0. The van der Waals surface area contributed by atoms with Crippen LogP contribution in [0.5, 0.6) is 0 Å². The molecule has 0 bridgehead atoms. The number of carboxylic acids is 1. The summed E-state index contributed by atoms with van der Waals surface area (Å²) in [6.45, 7) is 6.43. The van der Waals surface area contributed by atoms with E-state index >= 15 is 0 Å². The van der Waals surface area contributed by atoms with E-state index in [2.05, 4.69) is 19.9 Å². The third-order valence-corrected chi connectivity index (χ3v) is 5.11. The first-order chi connectivity index (χ1) is 8.00. The van der Waals surface area contributed by atoms with E-state index in [1.54, 1.807) is 0 Å². The fourth-order valence-corrected chi connectivity index (χ4v) is 3.93. The normalized spacial score (nSPS) is 39.1. The lowest BCUT2D eigenvalue weighted by molar-refractivity contribution is -0.145. The molecule has 0 saturated heterocycles. The first kappa shape index (κ1) is 12.7. The standard InChI is InChI=1S/C15H24O2/c1-9-4-6-12-10(2)5-7-13(14(12)8-9)11(3)15(16)17/h4,10-14H,5-8H2,1-3H3,(H,16,17)/t10-,11-,12+,13+,14+/m1/s1. The van der Waals surface area contributed by atoms with Crippen molar-refractivity contribution in [3.8, 4) is 0 Å². The van der Waals surface area contributed by atoms with Gasteiger partial charge in [-0.05, 0) is 49.9 Å². The van der Waals surface area contributed by atoms with E-state index in [1.165, 1.54) is 18.4 Å². The zero-order valence-electron chi connectivity index (χ0n) is 11.1. The first-order valence-electron chi connectivity index (χ1n) is 6.89. The van der Waals surface area contributed by atoms with Gasteiger partial charge in [-0.3, -0.25) is 4.79 Å². The van der Waals surface area contributed by atoms with Crippen LogP contribution in [0.25, 0.3) is 0 Å². The topological polar surface area (TPSA) is 37.3 Å². The molecule has 1 fully saturated rings. The van der Waals surface area contributed by atoms with Gasteiger partial charge in [-0.1, -0.05) is 31.9 Å². The summed E-state index contributed by atoms with van der Waals surface area (Å²) in [5.74, 6) is 1.68. The zero-order valence-corrected chi connectivity index (χ0v) is 11.1. The Hall–Kier alpha value is -0.790. The van der Waals surface area contributed by atoms with Crippen molar-refractivity contribution >= 4 is 5.97 Å². The van der Waals surface area contributed by atoms with Crippen LogP contribution in [0.3, 0.4) is 0 Å². The second-order valence-corrected chi connectivity index (χ2v) is 6.16. The highest BCUT2D eigenvalue weighted by atomic mass is 16.4. The van der Waals surface area contributed by atoms with Crippen molar-refractivity contribution in [3.05, 3.63) is 11.6 Å². The minimum Gasteiger partial charge on any atom is -0.481 e. The van der Waals surface area contributed by atoms with Gasteiger partial charge in [-0.25, -0.2) is 0 Å². The van der Waals surface area contributed by atoms with Crippen LogP contribution in [0.15, 0.2) is 11.6 Å². The van der Waals surface area contributed by atoms with Crippen LogP contribution < -0.4 is 0 Å². The van der Waals surface area contributed by atoms with E-state index in [4.69, 9.17) is 0 Å². The Kier molecular flexibility index (Phi) is 3.60. The molecule has 2 aliphatic carbocycles. The van der Waals surface area contributed by atoms with Crippen LogP contribution in [0.2, 0.25) is 0 Å². The van der Waals surface area contributed by atoms with Gasteiger partial charge in [0.15, 0.2) is 0 Å². The molecule has 0 spiro atoms. The van der Waals surface area contributed by atoms with E-state index in [9.17, 15) is 9.90 Å². The molecule has 0 aromatic carbocycles. The van der Waals surface area contributed by atoms with Gasteiger partial charge in [-0.2, -0.15) is 0 Å². The molecule has 0 aliphatic heterocycles. The van der Waals surface area contributed by atoms with E-state index in [0.29, 0.717) is 11.8 Å². The van der Waals surface area contributed by atoms with Gasteiger partial charge in [-0.15, -0.1) is 0 Å². The number of hydrogen-bond acceptors (Lipinski definition) is 1. The maximum absolute atomic E-state index is 11.2. The minimum atomic E-state index is -0.615.